The van der Waals surface area contributed by atoms with Gasteiger partial charge in [0, 0.05) is 11.8 Å². The lowest BCUT2D eigenvalue weighted by Crippen LogP contribution is -2.52. The number of rotatable bonds is 6. The van der Waals surface area contributed by atoms with Gasteiger partial charge in [-0.15, -0.1) is 0 Å². The Bertz CT molecular complexity index is 472. The number of benzene rings is 1. The van der Waals surface area contributed by atoms with E-state index in [1.54, 1.807) is 45.2 Å². The fraction of sp³-hybridized carbons (Fsp3) is 0.385. The average Bonchev–Trinajstić information content (AvgIpc) is 2.36. The zero-order valence-corrected chi connectivity index (χ0v) is 11.3. The molecular formula is C13H19N3O3. The maximum atomic E-state index is 11.7. The van der Waals surface area contributed by atoms with E-state index in [4.69, 9.17) is 10.5 Å². The minimum Gasteiger partial charge on any atom is -0.497 e. The van der Waals surface area contributed by atoms with Gasteiger partial charge in [-0.05, 0) is 26.0 Å². The van der Waals surface area contributed by atoms with Gasteiger partial charge in [-0.2, -0.15) is 0 Å². The number of anilines is 1. The quantitative estimate of drug-likeness (QED) is 0.697. The molecule has 0 aliphatic rings. The number of amides is 2. The van der Waals surface area contributed by atoms with E-state index < -0.39 is 11.4 Å². The largest absolute Gasteiger partial charge is 0.497 e. The van der Waals surface area contributed by atoms with Crippen molar-refractivity contribution in [2.45, 2.75) is 19.4 Å². The van der Waals surface area contributed by atoms with E-state index in [-0.39, 0.29) is 12.5 Å². The van der Waals surface area contributed by atoms with Gasteiger partial charge >= 0.3 is 0 Å². The van der Waals surface area contributed by atoms with Crippen LogP contribution in [0.25, 0.3) is 0 Å². The normalized spacial score (nSPS) is 10.9. The number of primary amides is 1. The highest BCUT2D eigenvalue weighted by Gasteiger charge is 2.24. The molecule has 6 heteroatoms. The minimum absolute atomic E-state index is 0.00680. The lowest BCUT2D eigenvalue weighted by molar-refractivity contribution is -0.123. The van der Waals surface area contributed by atoms with Crippen molar-refractivity contribution < 1.29 is 14.3 Å². The summed E-state index contributed by atoms with van der Waals surface area (Å²) in [7, 11) is 1.55. The second-order valence-corrected chi connectivity index (χ2v) is 4.62. The SMILES string of the molecule is COc1cccc(NC(=O)CNC(C)(C)C(N)=O)c1. The molecule has 1 rings (SSSR count). The van der Waals surface area contributed by atoms with Crippen LogP contribution in [-0.2, 0) is 9.59 Å². The Kier molecular flexibility index (Phi) is 4.88. The first kappa shape index (κ1) is 15.0. The summed E-state index contributed by atoms with van der Waals surface area (Å²) < 4.78 is 5.05. The van der Waals surface area contributed by atoms with Crippen molar-refractivity contribution in [2.75, 3.05) is 19.0 Å². The van der Waals surface area contributed by atoms with Gasteiger partial charge < -0.3 is 15.8 Å². The highest BCUT2D eigenvalue weighted by atomic mass is 16.5. The fourth-order valence-electron chi connectivity index (χ4n) is 1.29. The molecule has 0 bridgehead atoms. The number of methoxy groups -OCH3 is 1. The molecule has 0 fully saturated rings. The van der Waals surface area contributed by atoms with Crippen molar-refractivity contribution in [3.63, 3.8) is 0 Å². The van der Waals surface area contributed by atoms with Crippen molar-refractivity contribution in [2.24, 2.45) is 5.73 Å². The smallest absolute Gasteiger partial charge is 0.238 e. The Morgan fingerprint density at radius 1 is 1.37 bits per heavy atom. The van der Waals surface area contributed by atoms with Crippen LogP contribution >= 0.6 is 0 Å². The van der Waals surface area contributed by atoms with Crippen LogP contribution in [0.1, 0.15) is 13.8 Å². The van der Waals surface area contributed by atoms with Crippen LogP contribution < -0.4 is 21.1 Å². The van der Waals surface area contributed by atoms with Crippen molar-refractivity contribution in [3.05, 3.63) is 24.3 Å². The number of nitrogens with one attached hydrogen (secondary N) is 2. The molecule has 6 nitrogen and oxygen atoms in total. The van der Waals surface area contributed by atoms with Crippen LogP contribution in [0.3, 0.4) is 0 Å². The van der Waals surface area contributed by atoms with E-state index in [0.29, 0.717) is 11.4 Å². The van der Waals surface area contributed by atoms with E-state index in [1.807, 2.05) is 0 Å². The summed E-state index contributed by atoms with van der Waals surface area (Å²) in [4.78, 5) is 22.8. The number of ether oxygens (including phenoxy) is 1. The summed E-state index contributed by atoms with van der Waals surface area (Å²) in [6.45, 7) is 3.23. The van der Waals surface area contributed by atoms with Gasteiger partial charge in [0.15, 0.2) is 0 Å². The van der Waals surface area contributed by atoms with Crippen molar-refractivity contribution >= 4 is 17.5 Å². The van der Waals surface area contributed by atoms with Gasteiger partial charge in [0.05, 0.1) is 19.2 Å². The van der Waals surface area contributed by atoms with Crippen molar-refractivity contribution in [1.29, 1.82) is 0 Å². The summed E-state index contributed by atoms with van der Waals surface area (Å²) in [5.41, 5.74) is 4.90. The molecule has 0 spiro atoms. The lowest BCUT2D eigenvalue weighted by atomic mass is 10.1. The number of carbonyl (C=O) groups is 2. The summed E-state index contributed by atoms with van der Waals surface area (Å²) in [5.74, 6) is -0.118. The fourth-order valence-corrected chi connectivity index (χ4v) is 1.29. The number of hydrogen-bond acceptors (Lipinski definition) is 4. The Labute approximate surface area is 112 Å². The third kappa shape index (κ3) is 4.59. The van der Waals surface area contributed by atoms with Gasteiger partial charge in [-0.3, -0.25) is 14.9 Å². The zero-order chi connectivity index (χ0) is 14.5. The molecule has 0 unspecified atom stereocenters. The van der Waals surface area contributed by atoms with Crippen molar-refractivity contribution in [3.8, 4) is 5.75 Å². The number of carbonyl (C=O) groups excluding carboxylic acids is 2. The molecule has 0 radical (unpaired) electrons. The summed E-state index contributed by atoms with van der Waals surface area (Å²) >= 11 is 0. The molecule has 0 aliphatic heterocycles. The van der Waals surface area contributed by atoms with Crippen molar-refractivity contribution in [1.82, 2.24) is 5.32 Å². The molecule has 0 saturated heterocycles. The molecular weight excluding hydrogens is 246 g/mol. The third-order valence-corrected chi connectivity index (χ3v) is 2.66. The van der Waals surface area contributed by atoms with Crippen LogP contribution in [0.2, 0.25) is 0 Å². The van der Waals surface area contributed by atoms with Gasteiger partial charge in [0.2, 0.25) is 11.8 Å². The highest BCUT2D eigenvalue weighted by molar-refractivity contribution is 5.93. The van der Waals surface area contributed by atoms with E-state index in [9.17, 15) is 9.59 Å². The number of nitrogens with two attached hydrogens (primary N) is 1. The second-order valence-electron chi connectivity index (χ2n) is 4.62. The molecule has 19 heavy (non-hydrogen) atoms. The highest BCUT2D eigenvalue weighted by Crippen LogP contribution is 2.16. The minimum atomic E-state index is -0.925. The molecule has 0 heterocycles. The van der Waals surface area contributed by atoms with Gasteiger partial charge in [-0.1, -0.05) is 6.07 Å². The Hall–Kier alpha value is -2.08. The van der Waals surface area contributed by atoms with Gasteiger partial charge in [0.1, 0.15) is 5.75 Å². The molecule has 104 valence electrons. The molecule has 0 aliphatic carbocycles. The van der Waals surface area contributed by atoms with E-state index >= 15 is 0 Å². The Morgan fingerprint density at radius 2 is 2.05 bits per heavy atom. The molecule has 0 atom stereocenters. The maximum Gasteiger partial charge on any atom is 0.238 e. The molecule has 2 amide bonds. The first-order valence-corrected chi connectivity index (χ1v) is 5.84. The van der Waals surface area contributed by atoms with Crippen LogP contribution in [0.5, 0.6) is 5.75 Å². The molecule has 1 aromatic carbocycles. The van der Waals surface area contributed by atoms with Crippen LogP contribution in [0, 0.1) is 0 Å². The zero-order valence-electron chi connectivity index (χ0n) is 11.3. The monoisotopic (exact) mass is 265 g/mol. The van der Waals surface area contributed by atoms with E-state index in [1.165, 1.54) is 0 Å². The third-order valence-electron chi connectivity index (χ3n) is 2.66. The molecule has 0 saturated carbocycles. The van der Waals surface area contributed by atoms with Crippen LogP contribution in [-0.4, -0.2) is 31.0 Å². The molecule has 0 aromatic heterocycles. The lowest BCUT2D eigenvalue weighted by Gasteiger charge is -2.21. The van der Waals surface area contributed by atoms with Crippen LogP contribution in [0.4, 0.5) is 5.69 Å². The average molecular weight is 265 g/mol. The predicted molar refractivity (Wildman–Crippen MR) is 72.9 cm³/mol. The number of hydrogen-bond donors (Lipinski definition) is 3. The van der Waals surface area contributed by atoms with E-state index in [0.717, 1.165) is 0 Å². The van der Waals surface area contributed by atoms with Crippen LogP contribution in [0.15, 0.2) is 24.3 Å². The second kappa shape index (κ2) is 6.19. The first-order chi connectivity index (χ1) is 8.85. The Morgan fingerprint density at radius 3 is 2.63 bits per heavy atom. The predicted octanol–water partition coefficient (Wildman–Crippen LogP) is 0.487. The summed E-state index contributed by atoms with van der Waals surface area (Å²) in [5, 5.41) is 5.48. The van der Waals surface area contributed by atoms with E-state index in [2.05, 4.69) is 10.6 Å². The Balaban J connectivity index is 2.54. The summed E-state index contributed by atoms with van der Waals surface area (Å²) in [6.07, 6.45) is 0. The van der Waals surface area contributed by atoms with Gasteiger partial charge in [0.25, 0.3) is 0 Å². The summed E-state index contributed by atoms with van der Waals surface area (Å²) in [6, 6.07) is 7.01. The topological polar surface area (TPSA) is 93.4 Å². The standard InChI is InChI=1S/C13H19N3O3/c1-13(2,12(14)18)15-8-11(17)16-9-5-4-6-10(7-9)19-3/h4-7,15H,8H2,1-3H3,(H2,14,18)(H,16,17). The first-order valence-electron chi connectivity index (χ1n) is 5.84. The molecule has 4 N–H and O–H groups in total. The maximum absolute atomic E-state index is 11.7. The molecule has 1 aromatic rings. The van der Waals surface area contributed by atoms with Gasteiger partial charge in [-0.25, -0.2) is 0 Å².